The highest BCUT2D eigenvalue weighted by atomic mass is 32.1. The lowest BCUT2D eigenvalue weighted by atomic mass is 10.0. The third kappa shape index (κ3) is 4.89. The van der Waals surface area contributed by atoms with E-state index in [9.17, 15) is 4.79 Å². The van der Waals surface area contributed by atoms with Crippen LogP contribution in [0.4, 0.5) is 4.79 Å². The Morgan fingerprint density at radius 2 is 2.00 bits per heavy atom. The van der Waals surface area contributed by atoms with Crippen LogP contribution in [0.3, 0.4) is 0 Å². The van der Waals surface area contributed by atoms with Gasteiger partial charge in [0.1, 0.15) is 5.75 Å². The number of hydrogen-bond acceptors (Lipinski definition) is 3. The van der Waals surface area contributed by atoms with Gasteiger partial charge in [-0.3, -0.25) is 0 Å². The predicted octanol–water partition coefficient (Wildman–Crippen LogP) is 4.53. The zero-order valence-electron chi connectivity index (χ0n) is 15.5. The molecule has 0 radical (unpaired) electrons. The van der Waals surface area contributed by atoms with E-state index in [1.807, 2.05) is 23.5 Å². The number of carbonyl (C=O) groups is 1. The SMILES string of the molecule is C=CCNC(=O)NCCc1c(Cc2ccccc2)sc2ccc(OC)cc12. The average Bonchev–Trinajstić information content (AvgIpc) is 3.03. The first-order valence-electron chi connectivity index (χ1n) is 8.96. The summed E-state index contributed by atoms with van der Waals surface area (Å²) in [5.41, 5.74) is 2.57. The fourth-order valence-electron chi connectivity index (χ4n) is 3.03. The van der Waals surface area contributed by atoms with Crippen molar-refractivity contribution in [2.24, 2.45) is 0 Å². The maximum atomic E-state index is 11.8. The Morgan fingerprint density at radius 3 is 2.74 bits per heavy atom. The van der Waals surface area contributed by atoms with Gasteiger partial charge < -0.3 is 15.4 Å². The molecule has 3 aromatic rings. The lowest BCUT2D eigenvalue weighted by Gasteiger charge is -2.08. The van der Waals surface area contributed by atoms with Crippen molar-refractivity contribution in [1.82, 2.24) is 10.6 Å². The van der Waals surface area contributed by atoms with E-state index in [0.29, 0.717) is 13.1 Å². The Morgan fingerprint density at radius 1 is 1.19 bits per heavy atom. The van der Waals surface area contributed by atoms with Gasteiger partial charge in [0.05, 0.1) is 7.11 Å². The van der Waals surface area contributed by atoms with E-state index in [1.54, 1.807) is 13.2 Å². The van der Waals surface area contributed by atoms with Crippen LogP contribution in [0.5, 0.6) is 5.75 Å². The smallest absolute Gasteiger partial charge is 0.315 e. The second-order valence-corrected chi connectivity index (χ2v) is 7.34. The monoisotopic (exact) mass is 380 g/mol. The number of nitrogens with one attached hydrogen (secondary N) is 2. The van der Waals surface area contributed by atoms with Crippen LogP contribution >= 0.6 is 11.3 Å². The van der Waals surface area contributed by atoms with Gasteiger partial charge in [-0.05, 0) is 41.1 Å². The molecular formula is C22H24N2O2S. The van der Waals surface area contributed by atoms with Crippen LogP contribution in [0.25, 0.3) is 10.1 Å². The van der Waals surface area contributed by atoms with Gasteiger partial charge in [-0.15, -0.1) is 17.9 Å². The summed E-state index contributed by atoms with van der Waals surface area (Å²) in [5, 5.41) is 6.86. The topological polar surface area (TPSA) is 50.4 Å². The van der Waals surface area contributed by atoms with Gasteiger partial charge in [0.15, 0.2) is 0 Å². The molecule has 0 saturated carbocycles. The fourth-order valence-corrected chi connectivity index (χ4v) is 4.30. The van der Waals surface area contributed by atoms with Gasteiger partial charge in [0.25, 0.3) is 0 Å². The molecule has 0 bridgehead atoms. The molecule has 4 nitrogen and oxygen atoms in total. The molecule has 2 amide bonds. The Bertz CT molecular complexity index is 919. The third-order valence-electron chi connectivity index (χ3n) is 4.36. The lowest BCUT2D eigenvalue weighted by molar-refractivity contribution is 0.242. The Hall–Kier alpha value is -2.79. The minimum atomic E-state index is -0.170. The molecule has 1 aromatic heterocycles. The predicted molar refractivity (Wildman–Crippen MR) is 113 cm³/mol. The normalized spacial score (nSPS) is 10.6. The fraction of sp³-hybridized carbons (Fsp3) is 0.227. The summed E-state index contributed by atoms with van der Waals surface area (Å²) in [6.07, 6.45) is 3.33. The molecule has 0 aliphatic heterocycles. The van der Waals surface area contributed by atoms with Crippen LogP contribution in [0.2, 0.25) is 0 Å². The first kappa shape index (κ1) is 19.0. The molecule has 0 spiro atoms. The van der Waals surface area contributed by atoms with Crippen molar-refractivity contribution in [2.75, 3.05) is 20.2 Å². The number of carbonyl (C=O) groups excluding carboxylic acids is 1. The van der Waals surface area contributed by atoms with Crippen LogP contribution in [-0.4, -0.2) is 26.2 Å². The Labute approximate surface area is 163 Å². The van der Waals surface area contributed by atoms with Crippen LogP contribution in [0, 0.1) is 0 Å². The second-order valence-electron chi connectivity index (χ2n) is 6.20. The molecule has 5 heteroatoms. The zero-order valence-corrected chi connectivity index (χ0v) is 16.3. The van der Waals surface area contributed by atoms with Crippen LogP contribution in [0.1, 0.15) is 16.0 Å². The van der Waals surface area contributed by atoms with Gasteiger partial charge >= 0.3 is 6.03 Å². The first-order valence-corrected chi connectivity index (χ1v) is 9.77. The van der Waals surface area contributed by atoms with Crippen LogP contribution < -0.4 is 15.4 Å². The molecule has 2 aromatic carbocycles. The minimum absolute atomic E-state index is 0.170. The van der Waals surface area contributed by atoms with E-state index in [4.69, 9.17) is 4.74 Å². The minimum Gasteiger partial charge on any atom is -0.497 e. The summed E-state index contributed by atoms with van der Waals surface area (Å²) in [5.74, 6) is 0.851. The summed E-state index contributed by atoms with van der Waals surface area (Å²) in [4.78, 5) is 13.1. The average molecular weight is 381 g/mol. The molecule has 0 aliphatic rings. The molecule has 0 unspecified atom stereocenters. The summed E-state index contributed by atoms with van der Waals surface area (Å²) >= 11 is 1.81. The molecule has 1 heterocycles. The molecule has 140 valence electrons. The number of thiophene rings is 1. The number of rotatable bonds is 8. The van der Waals surface area contributed by atoms with E-state index in [-0.39, 0.29) is 6.03 Å². The Balaban J connectivity index is 1.83. The number of ether oxygens (including phenoxy) is 1. The molecule has 0 fully saturated rings. The second kappa shape index (κ2) is 9.24. The van der Waals surface area contributed by atoms with Crippen molar-refractivity contribution in [1.29, 1.82) is 0 Å². The van der Waals surface area contributed by atoms with Gasteiger partial charge in [0.2, 0.25) is 0 Å². The van der Waals surface area contributed by atoms with E-state index >= 15 is 0 Å². The maximum absolute atomic E-state index is 11.8. The number of fused-ring (bicyclic) bond motifs is 1. The van der Waals surface area contributed by atoms with Crippen molar-refractivity contribution in [3.8, 4) is 5.75 Å². The van der Waals surface area contributed by atoms with Crippen LogP contribution in [-0.2, 0) is 12.8 Å². The van der Waals surface area contributed by atoms with Crippen LogP contribution in [0.15, 0.2) is 61.2 Å². The molecule has 0 saturated heterocycles. The van der Waals surface area contributed by atoms with Crippen molar-refractivity contribution >= 4 is 27.5 Å². The van der Waals surface area contributed by atoms with Crippen molar-refractivity contribution in [3.63, 3.8) is 0 Å². The highest BCUT2D eigenvalue weighted by molar-refractivity contribution is 7.19. The zero-order chi connectivity index (χ0) is 19.1. The van der Waals surface area contributed by atoms with E-state index in [0.717, 1.165) is 18.6 Å². The summed E-state index contributed by atoms with van der Waals surface area (Å²) in [6.45, 7) is 4.64. The maximum Gasteiger partial charge on any atom is 0.315 e. The molecule has 0 atom stereocenters. The standard InChI is InChI=1S/C22H24N2O2S/c1-3-12-23-22(25)24-13-11-18-19-15-17(26-2)9-10-20(19)27-21(18)14-16-7-5-4-6-8-16/h3-10,15H,1,11-14H2,2H3,(H2,23,24,25). The van der Waals surface area contributed by atoms with Gasteiger partial charge in [-0.1, -0.05) is 36.4 Å². The number of hydrogen-bond donors (Lipinski definition) is 2. The van der Waals surface area contributed by atoms with Crippen molar-refractivity contribution in [2.45, 2.75) is 12.8 Å². The Kier molecular flexibility index (Phi) is 6.49. The third-order valence-corrected chi connectivity index (χ3v) is 5.57. The lowest BCUT2D eigenvalue weighted by Crippen LogP contribution is -2.36. The quantitative estimate of drug-likeness (QED) is 0.564. The molecule has 27 heavy (non-hydrogen) atoms. The summed E-state index contributed by atoms with van der Waals surface area (Å²) < 4.78 is 6.65. The highest BCUT2D eigenvalue weighted by Gasteiger charge is 2.14. The van der Waals surface area contributed by atoms with Gasteiger partial charge in [0, 0.05) is 29.1 Å². The van der Waals surface area contributed by atoms with E-state index in [1.165, 1.54) is 26.1 Å². The number of urea groups is 1. The number of methoxy groups -OCH3 is 1. The summed E-state index contributed by atoms with van der Waals surface area (Å²) in [6, 6.07) is 16.5. The highest BCUT2D eigenvalue weighted by Crippen LogP contribution is 2.35. The molecule has 3 rings (SSSR count). The number of amides is 2. The van der Waals surface area contributed by atoms with E-state index in [2.05, 4.69) is 53.6 Å². The first-order chi connectivity index (χ1) is 13.2. The largest absolute Gasteiger partial charge is 0.497 e. The number of benzene rings is 2. The van der Waals surface area contributed by atoms with Crippen molar-refractivity contribution in [3.05, 3.63) is 77.2 Å². The van der Waals surface area contributed by atoms with E-state index < -0.39 is 0 Å². The van der Waals surface area contributed by atoms with Gasteiger partial charge in [-0.2, -0.15) is 0 Å². The molecular weight excluding hydrogens is 356 g/mol. The summed E-state index contributed by atoms with van der Waals surface area (Å²) in [7, 11) is 1.68. The molecule has 0 aliphatic carbocycles. The van der Waals surface area contributed by atoms with Gasteiger partial charge in [-0.25, -0.2) is 4.79 Å². The molecule has 2 N–H and O–H groups in total. The van der Waals surface area contributed by atoms with Crippen molar-refractivity contribution < 1.29 is 9.53 Å².